The van der Waals surface area contributed by atoms with Gasteiger partial charge in [0.15, 0.2) is 0 Å². The second-order valence-electron chi connectivity index (χ2n) is 1.51. The average molecular weight is 254 g/mol. The van der Waals surface area contributed by atoms with Crippen LogP contribution < -0.4 is 29.6 Å². The van der Waals surface area contributed by atoms with Crippen molar-refractivity contribution >= 4 is 10.3 Å². The van der Waals surface area contributed by atoms with Gasteiger partial charge < -0.3 is 23.5 Å². The van der Waals surface area contributed by atoms with Crippen LogP contribution in [0, 0.1) is 13.8 Å². The fourth-order valence-corrected chi connectivity index (χ4v) is 0.177. The minimum absolute atomic E-state index is 0. The average Bonchev–Trinajstić information content (AvgIpc) is 1.63. The van der Waals surface area contributed by atoms with Crippen molar-refractivity contribution in [3.05, 3.63) is 19.0 Å². The third-order valence-corrected chi connectivity index (χ3v) is 0.500. The van der Waals surface area contributed by atoms with Gasteiger partial charge in [-0.3, -0.25) is 8.42 Å². The quantitative estimate of drug-likeness (QED) is 0.335. The maximum atomic E-state index is 8.74. The van der Waals surface area contributed by atoms with Crippen LogP contribution in [-0.2, 0) is 29.8 Å². The first kappa shape index (κ1) is 23.4. The molecule has 12 heavy (non-hydrogen) atoms. The molecule has 0 aliphatic carbocycles. The van der Waals surface area contributed by atoms with Crippen LogP contribution in [0.5, 0.6) is 0 Å². The van der Waals surface area contributed by atoms with E-state index >= 15 is 0 Å². The molecular weight excluding hydrogens is 243 g/mol. The summed E-state index contributed by atoms with van der Waals surface area (Å²) in [6.07, 6.45) is 3.23. The van der Waals surface area contributed by atoms with E-state index in [-0.39, 0.29) is 49.0 Å². The van der Waals surface area contributed by atoms with Gasteiger partial charge in [0.05, 0.1) is 0 Å². The van der Waals surface area contributed by atoms with Crippen LogP contribution >= 0.6 is 0 Å². The zero-order valence-corrected chi connectivity index (χ0v) is 13.2. The predicted molar refractivity (Wildman–Crippen MR) is 38.6 cm³/mol. The number of hydrogen-bond acceptors (Lipinski definition) is 3. The largest absolute Gasteiger partial charge is 1.00 e. The molecule has 0 heterocycles. The van der Waals surface area contributed by atoms with Crippen LogP contribution in [0.15, 0.2) is 0 Å². The molecule has 0 unspecified atom stereocenters. The Kier molecular flexibility index (Phi) is 29.2. The monoisotopic (exact) mass is 252 g/mol. The Morgan fingerprint density at radius 1 is 1.25 bits per heavy atom. The molecule has 7 heteroatoms. The van der Waals surface area contributed by atoms with Crippen molar-refractivity contribution < 1.29 is 62.0 Å². The number of unbranched alkanes of at least 4 members (excludes halogenated alkanes) is 2. The Labute approximate surface area is 110 Å². The molecule has 0 aliphatic rings. The van der Waals surface area contributed by atoms with E-state index in [1.165, 1.54) is 6.42 Å². The van der Waals surface area contributed by atoms with E-state index in [0.29, 0.717) is 0 Å². The van der Waals surface area contributed by atoms with E-state index in [2.05, 4.69) is 13.8 Å². The Bertz CT molecular complexity index is 141. The smallest absolute Gasteiger partial charge is 0.764 e. The van der Waals surface area contributed by atoms with Gasteiger partial charge in [-0.25, -0.2) is 0 Å². The van der Waals surface area contributed by atoms with Crippen molar-refractivity contribution in [1.82, 2.24) is 0 Å². The molecule has 1 N–H and O–H groups in total. The normalized spacial score (nSPS) is 8.33. The van der Waals surface area contributed by atoms with E-state index in [4.69, 9.17) is 18.1 Å². The number of rotatable bonds is 2. The molecular formula is C5H11NNaO3SZn-3. The predicted octanol–water partition coefficient (Wildman–Crippen LogP) is -1.67. The maximum absolute atomic E-state index is 8.74. The summed E-state index contributed by atoms with van der Waals surface area (Å²) in [6, 6.07) is 0. The molecule has 0 rings (SSSR count). The summed E-state index contributed by atoms with van der Waals surface area (Å²) < 4.78 is 26.2. The van der Waals surface area contributed by atoms with Gasteiger partial charge in [0.1, 0.15) is 0 Å². The van der Waals surface area contributed by atoms with Gasteiger partial charge in [-0.15, -0.1) is 6.42 Å². The van der Waals surface area contributed by atoms with Crippen molar-refractivity contribution in [3.8, 4) is 0 Å². The van der Waals surface area contributed by atoms with Crippen LogP contribution in [0.1, 0.15) is 19.3 Å². The minimum atomic E-state index is -4.67. The minimum Gasteiger partial charge on any atom is -0.764 e. The first-order valence-electron chi connectivity index (χ1n) is 2.70. The van der Waals surface area contributed by atoms with Gasteiger partial charge in [0.2, 0.25) is 0 Å². The van der Waals surface area contributed by atoms with Gasteiger partial charge in [-0.05, 0) is 0 Å². The molecule has 0 aliphatic heterocycles. The molecule has 4 nitrogen and oxygen atoms in total. The molecule has 0 aromatic carbocycles. The first-order valence-corrected chi connectivity index (χ1v) is 4.11. The molecule has 0 saturated heterocycles. The van der Waals surface area contributed by atoms with Crippen molar-refractivity contribution in [1.29, 1.82) is 0 Å². The Hall–Kier alpha value is 1.49. The van der Waals surface area contributed by atoms with Crippen molar-refractivity contribution in [2.75, 3.05) is 0 Å². The van der Waals surface area contributed by atoms with Crippen LogP contribution in [0.2, 0.25) is 0 Å². The third kappa shape index (κ3) is 104. The molecule has 0 atom stereocenters. The summed E-state index contributed by atoms with van der Waals surface area (Å²) in [5.41, 5.74) is 0. The molecule has 0 fully saturated rings. The standard InChI is InChI=1S/C5H10.H2NO3S.Na.Zn/c1-3-5-4-2;1-5(2,3)4;;/h1-5H2;(H2-,1,2,3,4);;/q-2;-1;+1;/p-1. The number of hydrogen-bond donors (Lipinski definition) is 0. The second kappa shape index (κ2) is 15.0. The summed E-state index contributed by atoms with van der Waals surface area (Å²) in [4.78, 5) is 0. The van der Waals surface area contributed by atoms with Crippen LogP contribution in [0.3, 0.4) is 0 Å². The Morgan fingerprint density at radius 3 is 1.42 bits per heavy atom. The van der Waals surface area contributed by atoms with Crippen LogP contribution in [0.25, 0.3) is 5.14 Å². The van der Waals surface area contributed by atoms with Gasteiger partial charge in [0.25, 0.3) is 0 Å². The summed E-state index contributed by atoms with van der Waals surface area (Å²) in [6.45, 7) is 7.27. The summed E-state index contributed by atoms with van der Waals surface area (Å²) in [5, 5.41) is 5.35. The molecule has 0 saturated carbocycles. The van der Waals surface area contributed by atoms with E-state index in [9.17, 15) is 0 Å². The topological polar surface area (TPSA) is 81.0 Å². The molecule has 66 valence electrons. The van der Waals surface area contributed by atoms with Gasteiger partial charge in [-0.1, -0.05) is 0 Å². The molecule has 0 spiro atoms. The van der Waals surface area contributed by atoms with E-state index in [1.807, 2.05) is 0 Å². The fraction of sp³-hybridized carbons (Fsp3) is 0.600. The second-order valence-corrected chi connectivity index (χ2v) is 2.42. The van der Waals surface area contributed by atoms with Crippen molar-refractivity contribution in [2.24, 2.45) is 0 Å². The van der Waals surface area contributed by atoms with E-state index < -0.39 is 10.3 Å². The van der Waals surface area contributed by atoms with Crippen LogP contribution in [0.4, 0.5) is 0 Å². The van der Waals surface area contributed by atoms with Crippen molar-refractivity contribution in [3.63, 3.8) is 0 Å². The Balaban J connectivity index is -0.0000000457. The van der Waals surface area contributed by atoms with Gasteiger partial charge in [-0.2, -0.15) is 12.8 Å². The zero-order valence-electron chi connectivity index (χ0n) is 7.38. The number of nitrogens with one attached hydrogen (secondary N) is 1. The summed E-state index contributed by atoms with van der Waals surface area (Å²) >= 11 is 0. The van der Waals surface area contributed by atoms with E-state index in [0.717, 1.165) is 12.8 Å². The van der Waals surface area contributed by atoms with Gasteiger partial charge >= 0.3 is 29.6 Å². The zero-order chi connectivity index (χ0) is 8.62. The summed E-state index contributed by atoms with van der Waals surface area (Å²) in [5.74, 6) is 0. The van der Waals surface area contributed by atoms with Crippen LogP contribution in [-0.4, -0.2) is 13.0 Å². The van der Waals surface area contributed by atoms with Gasteiger partial charge in [0, 0.05) is 29.8 Å². The fourth-order valence-electron chi connectivity index (χ4n) is 0.177. The first-order chi connectivity index (χ1) is 4.41. The van der Waals surface area contributed by atoms with Crippen molar-refractivity contribution in [2.45, 2.75) is 19.3 Å². The molecule has 0 amide bonds. The Morgan fingerprint density at radius 2 is 1.42 bits per heavy atom. The van der Waals surface area contributed by atoms with E-state index in [1.54, 1.807) is 0 Å². The summed E-state index contributed by atoms with van der Waals surface area (Å²) in [7, 11) is -4.67. The maximum Gasteiger partial charge on any atom is 1.00 e. The molecule has 0 bridgehead atoms. The third-order valence-electron chi connectivity index (χ3n) is 0.500. The molecule has 0 aromatic heterocycles. The molecule has 0 radical (unpaired) electrons. The molecule has 0 aromatic rings. The SMILES string of the molecule is [CH2-]CCC[CH2-].[NH-]S(=O)(=O)[O-].[Na+].[Zn].